The van der Waals surface area contributed by atoms with E-state index in [9.17, 15) is 21.8 Å². The van der Waals surface area contributed by atoms with Crippen molar-refractivity contribution in [3.05, 3.63) is 57.9 Å². The molecule has 0 amide bonds. The van der Waals surface area contributed by atoms with Crippen LogP contribution in [0.1, 0.15) is 28.8 Å². The maximum absolute atomic E-state index is 13.6. The van der Waals surface area contributed by atoms with Crippen molar-refractivity contribution in [1.82, 2.24) is 19.7 Å². The molecule has 0 saturated heterocycles. The monoisotopic (exact) mass is 464 g/mol. The number of nitrogens with zero attached hydrogens (tertiary/aromatic N) is 3. The minimum atomic E-state index is -4.64. The highest BCUT2D eigenvalue weighted by Gasteiger charge is 2.35. The van der Waals surface area contributed by atoms with E-state index in [1.807, 2.05) is 0 Å². The SMILES string of the molecule is Cc1[nH]c([C@@H](Nc2cc(C(F)(F)F)nn2C)c2ccc(F)c(Cl)c2)nc1[S@@](C)(=N)=O. The average Bonchev–Trinajstić information content (AvgIpc) is 3.18. The number of hydrogen-bond donors (Lipinski definition) is 3. The fraction of sp³-hybridized carbons (Fsp3) is 0.294. The Morgan fingerprint density at radius 1 is 1.33 bits per heavy atom. The topological polar surface area (TPSA) is 99.4 Å². The molecule has 0 radical (unpaired) electrons. The molecule has 30 heavy (non-hydrogen) atoms. The van der Waals surface area contributed by atoms with Gasteiger partial charge in [-0.05, 0) is 24.6 Å². The Morgan fingerprint density at radius 2 is 2.00 bits per heavy atom. The lowest BCUT2D eigenvalue weighted by molar-refractivity contribution is -0.141. The predicted octanol–water partition coefficient (Wildman–Crippen LogP) is 4.50. The van der Waals surface area contributed by atoms with Crippen LogP contribution in [0.25, 0.3) is 0 Å². The maximum atomic E-state index is 13.6. The van der Waals surface area contributed by atoms with Crippen LogP contribution >= 0.6 is 11.6 Å². The van der Waals surface area contributed by atoms with Gasteiger partial charge in [0.25, 0.3) is 0 Å². The number of benzene rings is 1. The molecule has 0 aliphatic rings. The molecule has 2 aromatic heterocycles. The molecule has 0 saturated carbocycles. The number of anilines is 1. The third-order valence-corrected chi connectivity index (χ3v) is 5.67. The second-order valence-electron chi connectivity index (χ2n) is 6.68. The van der Waals surface area contributed by atoms with Gasteiger partial charge < -0.3 is 10.3 Å². The van der Waals surface area contributed by atoms with Crippen LogP contribution in [0.15, 0.2) is 29.3 Å². The summed E-state index contributed by atoms with van der Waals surface area (Å²) in [6.45, 7) is 1.57. The molecule has 0 fully saturated rings. The molecule has 2 heterocycles. The van der Waals surface area contributed by atoms with E-state index in [1.54, 1.807) is 6.92 Å². The smallest absolute Gasteiger partial charge is 0.356 e. The summed E-state index contributed by atoms with van der Waals surface area (Å²) in [5, 5.41) is 6.16. The van der Waals surface area contributed by atoms with E-state index < -0.39 is 33.5 Å². The van der Waals surface area contributed by atoms with Gasteiger partial charge in [0, 0.05) is 25.1 Å². The average molecular weight is 465 g/mol. The van der Waals surface area contributed by atoms with Crippen LogP contribution in [-0.4, -0.2) is 30.2 Å². The number of halogens is 5. The number of aryl methyl sites for hydroxylation is 2. The van der Waals surface area contributed by atoms with Crippen LogP contribution < -0.4 is 5.32 Å². The number of alkyl halides is 3. The van der Waals surface area contributed by atoms with Gasteiger partial charge >= 0.3 is 6.18 Å². The summed E-state index contributed by atoms with van der Waals surface area (Å²) in [5.74, 6) is -0.494. The van der Waals surface area contributed by atoms with Crippen molar-refractivity contribution < 1.29 is 21.8 Å². The zero-order valence-electron chi connectivity index (χ0n) is 15.9. The van der Waals surface area contributed by atoms with Gasteiger partial charge in [0.15, 0.2) is 10.7 Å². The molecular formula is C17H17ClF4N6OS. The molecule has 13 heteroatoms. The summed E-state index contributed by atoms with van der Waals surface area (Å²) in [4.78, 5) is 7.12. The molecule has 7 nitrogen and oxygen atoms in total. The van der Waals surface area contributed by atoms with Crippen LogP contribution in [0.3, 0.4) is 0 Å². The zero-order chi connectivity index (χ0) is 22.4. The summed E-state index contributed by atoms with van der Waals surface area (Å²) in [6, 6.07) is 3.70. The largest absolute Gasteiger partial charge is 0.435 e. The second kappa shape index (κ2) is 7.58. The van der Waals surface area contributed by atoms with E-state index in [0.717, 1.165) is 16.8 Å². The van der Waals surface area contributed by atoms with Gasteiger partial charge in [-0.15, -0.1) is 0 Å². The number of aromatic amines is 1. The lowest BCUT2D eigenvalue weighted by Gasteiger charge is -2.19. The van der Waals surface area contributed by atoms with Crippen molar-refractivity contribution in [3.63, 3.8) is 0 Å². The van der Waals surface area contributed by atoms with Crippen molar-refractivity contribution in [2.75, 3.05) is 11.6 Å². The van der Waals surface area contributed by atoms with Gasteiger partial charge in [-0.1, -0.05) is 17.7 Å². The van der Waals surface area contributed by atoms with Crippen LogP contribution in [0, 0.1) is 17.5 Å². The molecule has 3 rings (SSSR count). The first-order chi connectivity index (χ1) is 13.8. The third-order valence-electron chi connectivity index (χ3n) is 4.24. The molecule has 0 spiro atoms. The van der Waals surface area contributed by atoms with E-state index in [0.29, 0.717) is 11.3 Å². The quantitative estimate of drug-likeness (QED) is 0.484. The van der Waals surface area contributed by atoms with Crippen LogP contribution in [0.5, 0.6) is 0 Å². The number of imidazole rings is 1. The van der Waals surface area contributed by atoms with E-state index in [1.165, 1.54) is 25.4 Å². The normalized spacial score (nSPS) is 15.1. The molecule has 0 aliphatic carbocycles. The van der Waals surface area contributed by atoms with E-state index in [2.05, 4.69) is 20.4 Å². The fourth-order valence-corrected chi connectivity index (χ4v) is 3.97. The van der Waals surface area contributed by atoms with Gasteiger partial charge in [0.05, 0.1) is 14.8 Å². The van der Waals surface area contributed by atoms with Crippen LogP contribution in [0.2, 0.25) is 5.02 Å². The highest BCUT2D eigenvalue weighted by Crippen LogP contribution is 2.33. The molecule has 0 aliphatic heterocycles. The lowest BCUT2D eigenvalue weighted by Crippen LogP contribution is -2.16. The Labute approximate surface area is 174 Å². The number of nitrogens with one attached hydrogen (secondary N) is 3. The van der Waals surface area contributed by atoms with Crippen molar-refractivity contribution >= 4 is 27.1 Å². The Bertz CT molecular complexity index is 1200. The molecule has 1 aromatic carbocycles. The third kappa shape index (κ3) is 4.43. The van der Waals surface area contributed by atoms with E-state index >= 15 is 0 Å². The minimum absolute atomic E-state index is 0.00600. The molecule has 0 bridgehead atoms. The first kappa shape index (κ1) is 22.1. The highest BCUT2D eigenvalue weighted by atomic mass is 35.5. The minimum Gasteiger partial charge on any atom is -0.356 e. The molecular weight excluding hydrogens is 448 g/mol. The summed E-state index contributed by atoms with van der Waals surface area (Å²) in [6.07, 6.45) is -3.44. The molecule has 3 aromatic rings. The summed E-state index contributed by atoms with van der Waals surface area (Å²) in [7, 11) is -1.83. The number of aromatic nitrogens is 4. The van der Waals surface area contributed by atoms with E-state index in [4.69, 9.17) is 16.4 Å². The molecule has 162 valence electrons. The first-order valence-electron chi connectivity index (χ1n) is 8.40. The van der Waals surface area contributed by atoms with Gasteiger partial charge in [0.2, 0.25) is 0 Å². The fourth-order valence-electron chi connectivity index (χ4n) is 2.87. The Kier molecular flexibility index (Phi) is 5.58. The van der Waals surface area contributed by atoms with Crippen LogP contribution in [0.4, 0.5) is 23.4 Å². The van der Waals surface area contributed by atoms with Crippen LogP contribution in [-0.2, 0) is 23.0 Å². The summed E-state index contributed by atoms with van der Waals surface area (Å²) < 4.78 is 73.6. The Balaban J connectivity index is 2.12. The van der Waals surface area contributed by atoms with Gasteiger partial charge in [-0.25, -0.2) is 18.4 Å². The zero-order valence-corrected chi connectivity index (χ0v) is 17.5. The Hall–Kier alpha value is -2.60. The second-order valence-corrected chi connectivity index (χ2v) is 9.16. The maximum Gasteiger partial charge on any atom is 0.435 e. The van der Waals surface area contributed by atoms with Crippen molar-refractivity contribution in [2.24, 2.45) is 7.05 Å². The van der Waals surface area contributed by atoms with Gasteiger partial charge in [-0.2, -0.15) is 18.3 Å². The Morgan fingerprint density at radius 3 is 2.50 bits per heavy atom. The standard InChI is InChI=1S/C17H17ClF4N6OS/c1-8-16(30(3,23)29)26-15(24-8)14(9-4-5-11(19)10(18)6-9)25-13-7-12(17(20,21)22)27-28(13)2/h4-7,14,23,25H,1-3H3,(H,24,26)/t14-,30-/m0/s1. The first-order valence-corrected chi connectivity index (χ1v) is 10.7. The molecule has 3 N–H and O–H groups in total. The molecule has 2 atom stereocenters. The van der Waals surface area contributed by atoms with Crippen molar-refractivity contribution in [2.45, 2.75) is 24.2 Å². The predicted molar refractivity (Wildman–Crippen MR) is 103 cm³/mol. The van der Waals surface area contributed by atoms with Gasteiger partial charge in [0.1, 0.15) is 23.5 Å². The summed E-state index contributed by atoms with van der Waals surface area (Å²) in [5.41, 5.74) is -0.347. The molecule has 0 unspecified atom stereocenters. The van der Waals surface area contributed by atoms with Crippen molar-refractivity contribution in [3.8, 4) is 0 Å². The van der Waals surface area contributed by atoms with Gasteiger partial charge in [-0.3, -0.25) is 4.68 Å². The lowest BCUT2D eigenvalue weighted by atomic mass is 10.1. The van der Waals surface area contributed by atoms with E-state index in [-0.39, 0.29) is 21.7 Å². The van der Waals surface area contributed by atoms with Crippen molar-refractivity contribution in [1.29, 1.82) is 4.78 Å². The number of H-pyrrole nitrogens is 1. The number of rotatable bonds is 5. The summed E-state index contributed by atoms with van der Waals surface area (Å²) >= 11 is 5.88. The highest BCUT2D eigenvalue weighted by molar-refractivity contribution is 7.91. The number of hydrogen-bond acceptors (Lipinski definition) is 5.